The minimum atomic E-state index is -3.56. The average Bonchev–Trinajstić information content (AvgIpc) is 3.46. The molecule has 0 radical (unpaired) electrons. The van der Waals surface area contributed by atoms with Crippen LogP contribution < -0.4 is 0 Å². The van der Waals surface area contributed by atoms with Crippen LogP contribution in [0.15, 0.2) is 57.9 Å². The van der Waals surface area contributed by atoms with Gasteiger partial charge in [0.1, 0.15) is 17.9 Å². The zero-order valence-corrected chi connectivity index (χ0v) is 20.2. The van der Waals surface area contributed by atoms with Gasteiger partial charge >= 0.3 is 5.97 Å². The number of rotatable bonds is 7. The van der Waals surface area contributed by atoms with Crippen molar-refractivity contribution in [3.63, 3.8) is 0 Å². The summed E-state index contributed by atoms with van der Waals surface area (Å²) in [7, 11) is -3.56. The van der Waals surface area contributed by atoms with E-state index in [1.54, 1.807) is 28.6 Å². The van der Waals surface area contributed by atoms with Crippen LogP contribution in [0.1, 0.15) is 37.9 Å². The fourth-order valence-electron chi connectivity index (χ4n) is 4.32. The third-order valence-corrected chi connectivity index (χ3v) is 7.98. The number of oxazole rings is 1. The predicted molar refractivity (Wildman–Crippen MR) is 131 cm³/mol. The van der Waals surface area contributed by atoms with Crippen molar-refractivity contribution >= 4 is 44.2 Å². The zero-order chi connectivity index (χ0) is 24.4. The first kappa shape index (κ1) is 23.3. The zero-order valence-electron chi connectivity index (χ0n) is 19.4. The molecule has 3 heterocycles. The molecule has 35 heavy (non-hydrogen) atoms. The second-order valence-electron chi connectivity index (χ2n) is 8.35. The molecule has 10 heteroatoms. The molecule has 4 aromatic rings. The summed E-state index contributed by atoms with van der Waals surface area (Å²) in [4.78, 5) is 21.4. The quantitative estimate of drug-likeness (QED) is 0.281. The number of aryl methyl sites for hydroxylation is 1. The van der Waals surface area contributed by atoms with Crippen molar-refractivity contribution in [1.82, 2.24) is 18.8 Å². The van der Waals surface area contributed by atoms with Crippen molar-refractivity contribution in [3.05, 3.63) is 60.3 Å². The Hall–Kier alpha value is -3.50. The van der Waals surface area contributed by atoms with Gasteiger partial charge in [0.2, 0.25) is 15.9 Å². The largest absolute Gasteiger partial charge is 0.454 e. The lowest BCUT2D eigenvalue weighted by Gasteiger charge is -2.25. The van der Waals surface area contributed by atoms with E-state index >= 15 is 0 Å². The fourth-order valence-corrected chi connectivity index (χ4v) is 5.86. The molecule has 182 valence electrons. The van der Waals surface area contributed by atoms with Gasteiger partial charge in [0, 0.05) is 31.8 Å². The highest BCUT2D eigenvalue weighted by Crippen LogP contribution is 2.25. The van der Waals surface area contributed by atoms with Crippen molar-refractivity contribution in [2.24, 2.45) is 0 Å². The van der Waals surface area contributed by atoms with Crippen molar-refractivity contribution < 1.29 is 22.4 Å². The summed E-state index contributed by atoms with van der Waals surface area (Å²) in [5.74, 6) is 0.292. The molecule has 0 saturated carbocycles. The number of carbonyl (C=O) groups excluding carboxylic acids is 1. The molecular weight excluding hydrogens is 468 g/mol. The number of hydrogen-bond donors (Lipinski definition) is 0. The number of esters is 1. The van der Waals surface area contributed by atoms with Gasteiger partial charge in [-0.1, -0.05) is 18.6 Å². The molecule has 9 nitrogen and oxygen atoms in total. The maximum atomic E-state index is 13.1. The topological polar surface area (TPSA) is 108 Å². The van der Waals surface area contributed by atoms with Crippen LogP contribution in [0.2, 0.25) is 0 Å². The first-order chi connectivity index (χ1) is 17.0. The Bertz CT molecular complexity index is 1480. The van der Waals surface area contributed by atoms with E-state index in [4.69, 9.17) is 9.15 Å². The molecule has 1 aliphatic rings. The van der Waals surface area contributed by atoms with E-state index in [1.807, 2.05) is 29.7 Å². The average molecular weight is 495 g/mol. The molecule has 0 aliphatic carbocycles. The summed E-state index contributed by atoms with van der Waals surface area (Å²) >= 11 is 0. The number of carbonyl (C=O) groups is 1. The first-order valence-electron chi connectivity index (χ1n) is 11.7. The van der Waals surface area contributed by atoms with Gasteiger partial charge in [-0.2, -0.15) is 4.31 Å². The Kier molecular flexibility index (Phi) is 6.40. The van der Waals surface area contributed by atoms with Crippen LogP contribution in [0, 0.1) is 0 Å². The lowest BCUT2D eigenvalue weighted by Crippen LogP contribution is -2.35. The molecule has 0 N–H and O–H groups in total. The molecule has 0 unspecified atom stereocenters. The predicted octanol–water partition coefficient (Wildman–Crippen LogP) is 4.13. The van der Waals surface area contributed by atoms with Crippen LogP contribution >= 0.6 is 0 Å². The van der Waals surface area contributed by atoms with Gasteiger partial charge in [0.05, 0.1) is 15.9 Å². The third-order valence-electron chi connectivity index (χ3n) is 6.08. The standard InChI is InChI=1S/C25H26N4O5S/c1-2-29-21-11-10-18(35(31,32)28-14-6-3-7-15-28)16-20(21)26-23(29)17-33-25(30)13-12-24-27-19-8-4-5-9-22(19)34-24/h4-5,8-13,16H,2-3,6-7,14-15,17H2,1H3/b13-12+. The lowest BCUT2D eigenvalue weighted by molar-refractivity contribution is -0.139. The molecule has 2 aromatic carbocycles. The number of fused-ring (bicyclic) bond motifs is 2. The van der Waals surface area contributed by atoms with Crippen molar-refractivity contribution in [1.29, 1.82) is 0 Å². The number of imidazole rings is 1. The Balaban J connectivity index is 1.31. The van der Waals surface area contributed by atoms with E-state index in [2.05, 4.69) is 9.97 Å². The molecule has 0 spiro atoms. The van der Waals surface area contributed by atoms with E-state index in [0.29, 0.717) is 48.0 Å². The molecule has 2 aromatic heterocycles. The third kappa shape index (κ3) is 4.71. The van der Waals surface area contributed by atoms with Gasteiger partial charge in [-0.15, -0.1) is 0 Å². The Morgan fingerprint density at radius 1 is 1.09 bits per heavy atom. The molecule has 1 fully saturated rings. The van der Waals surface area contributed by atoms with E-state index in [-0.39, 0.29) is 11.5 Å². The van der Waals surface area contributed by atoms with Crippen LogP contribution in [0.3, 0.4) is 0 Å². The van der Waals surface area contributed by atoms with Crippen LogP contribution in [0.4, 0.5) is 0 Å². The molecule has 1 saturated heterocycles. The first-order valence-corrected chi connectivity index (χ1v) is 13.1. The number of benzene rings is 2. The Labute approximate surface area is 203 Å². The number of hydrogen-bond acceptors (Lipinski definition) is 7. The van der Waals surface area contributed by atoms with Crippen LogP contribution in [0.25, 0.3) is 28.2 Å². The molecular formula is C25H26N4O5S. The van der Waals surface area contributed by atoms with Gasteiger partial charge in [0.25, 0.3) is 0 Å². The summed E-state index contributed by atoms with van der Waals surface area (Å²) in [5, 5.41) is 0. The summed E-state index contributed by atoms with van der Waals surface area (Å²) in [5.41, 5.74) is 2.69. The second kappa shape index (κ2) is 9.63. The van der Waals surface area contributed by atoms with Crippen LogP contribution in [-0.2, 0) is 32.7 Å². The van der Waals surface area contributed by atoms with Crippen molar-refractivity contribution in [2.75, 3.05) is 13.1 Å². The highest BCUT2D eigenvalue weighted by Gasteiger charge is 2.26. The Morgan fingerprint density at radius 2 is 1.89 bits per heavy atom. The number of nitrogens with zero attached hydrogens (tertiary/aromatic N) is 4. The normalized spacial score (nSPS) is 15.3. The molecule has 0 bridgehead atoms. The summed E-state index contributed by atoms with van der Waals surface area (Å²) in [6.07, 6.45) is 5.53. The molecule has 0 atom stereocenters. The number of aromatic nitrogens is 3. The van der Waals surface area contributed by atoms with Gasteiger partial charge in [-0.3, -0.25) is 0 Å². The molecule has 1 aliphatic heterocycles. The monoisotopic (exact) mass is 494 g/mol. The lowest BCUT2D eigenvalue weighted by atomic mass is 10.2. The van der Waals surface area contributed by atoms with Crippen LogP contribution in [-0.4, -0.2) is 46.3 Å². The maximum absolute atomic E-state index is 13.1. The van der Waals surface area contributed by atoms with Crippen molar-refractivity contribution in [3.8, 4) is 0 Å². The van der Waals surface area contributed by atoms with Gasteiger partial charge in [-0.05, 0) is 50.1 Å². The highest BCUT2D eigenvalue weighted by molar-refractivity contribution is 7.89. The highest BCUT2D eigenvalue weighted by atomic mass is 32.2. The smallest absolute Gasteiger partial charge is 0.331 e. The number of piperidine rings is 1. The molecule has 5 rings (SSSR count). The number of sulfonamides is 1. The SMILES string of the molecule is CCn1c(COC(=O)/C=C/c2nc3ccccc3o2)nc2cc(S(=O)(=O)N3CCCCC3)ccc21. The fraction of sp³-hybridized carbons (Fsp3) is 0.320. The maximum Gasteiger partial charge on any atom is 0.331 e. The van der Waals surface area contributed by atoms with E-state index < -0.39 is 16.0 Å². The Morgan fingerprint density at radius 3 is 2.66 bits per heavy atom. The second-order valence-corrected chi connectivity index (χ2v) is 10.3. The number of ether oxygens (including phenoxy) is 1. The van der Waals surface area contributed by atoms with Crippen LogP contribution in [0.5, 0.6) is 0 Å². The number of para-hydroxylation sites is 2. The van der Waals surface area contributed by atoms with Gasteiger partial charge in [0.15, 0.2) is 5.58 Å². The summed E-state index contributed by atoms with van der Waals surface area (Å²) < 4.78 is 40.5. The van der Waals surface area contributed by atoms with Gasteiger partial charge < -0.3 is 13.7 Å². The summed E-state index contributed by atoms with van der Waals surface area (Å²) in [6.45, 7) is 3.59. The van der Waals surface area contributed by atoms with Gasteiger partial charge in [-0.25, -0.2) is 23.2 Å². The molecule has 0 amide bonds. The van der Waals surface area contributed by atoms with E-state index in [9.17, 15) is 13.2 Å². The van der Waals surface area contributed by atoms with Crippen molar-refractivity contribution in [2.45, 2.75) is 44.2 Å². The van der Waals surface area contributed by atoms with E-state index in [0.717, 1.165) is 24.8 Å². The minimum absolute atomic E-state index is 0.0482. The van der Waals surface area contributed by atoms with E-state index in [1.165, 1.54) is 12.2 Å². The summed E-state index contributed by atoms with van der Waals surface area (Å²) in [6, 6.07) is 12.3. The minimum Gasteiger partial charge on any atom is -0.454 e.